The van der Waals surface area contributed by atoms with E-state index in [0.29, 0.717) is 28.8 Å². The second-order valence-electron chi connectivity index (χ2n) is 4.61. The molecule has 0 atom stereocenters. The third-order valence-electron chi connectivity index (χ3n) is 3.28. The minimum atomic E-state index is 0.423. The van der Waals surface area contributed by atoms with Crippen molar-refractivity contribution in [3.63, 3.8) is 0 Å². The first kappa shape index (κ1) is 17.0. The molecule has 0 spiro atoms. The van der Waals surface area contributed by atoms with Gasteiger partial charge in [-0.1, -0.05) is 12.1 Å². The standard InChI is InChI=1S/C17H20N2O3S/c1-20-14-9-12(10-15(21-2)16(14)22-3)19-17(18)11-5-7-13(23-4)8-6-11/h5-10H,1-4H3,(H2,18,19). The van der Waals surface area contributed by atoms with Gasteiger partial charge in [0.2, 0.25) is 5.75 Å². The number of hydrogen-bond donors (Lipinski definition) is 1. The molecule has 2 rings (SSSR count). The van der Waals surface area contributed by atoms with Crippen molar-refractivity contribution in [3.05, 3.63) is 42.0 Å². The van der Waals surface area contributed by atoms with Crippen LogP contribution in [0.3, 0.4) is 0 Å². The molecule has 0 aliphatic rings. The molecule has 0 aliphatic heterocycles. The fraction of sp³-hybridized carbons (Fsp3) is 0.235. The third kappa shape index (κ3) is 3.90. The maximum atomic E-state index is 6.10. The minimum absolute atomic E-state index is 0.423. The second-order valence-corrected chi connectivity index (χ2v) is 5.49. The van der Waals surface area contributed by atoms with Gasteiger partial charge in [0.1, 0.15) is 5.84 Å². The Kier molecular flexibility index (Phi) is 5.76. The number of thioether (sulfide) groups is 1. The van der Waals surface area contributed by atoms with Gasteiger partial charge in [0, 0.05) is 22.6 Å². The molecule has 0 bridgehead atoms. The zero-order valence-electron chi connectivity index (χ0n) is 13.6. The average molecular weight is 332 g/mol. The number of rotatable bonds is 6. The fourth-order valence-corrected chi connectivity index (χ4v) is 2.51. The van der Waals surface area contributed by atoms with Gasteiger partial charge in [0.15, 0.2) is 11.5 Å². The summed E-state index contributed by atoms with van der Waals surface area (Å²) in [5.74, 6) is 2.02. The average Bonchev–Trinajstić information content (AvgIpc) is 2.60. The van der Waals surface area contributed by atoms with Gasteiger partial charge in [-0.15, -0.1) is 11.8 Å². The molecule has 2 aromatic carbocycles. The van der Waals surface area contributed by atoms with Crippen molar-refractivity contribution in [2.24, 2.45) is 10.7 Å². The molecule has 122 valence electrons. The topological polar surface area (TPSA) is 66.1 Å². The summed E-state index contributed by atoms with van der Waals surface area (Å²) in [5.41, 5.74) is 7.59. The third-order valence-corrected chi connectivity index (χ3v) is 4.03. The van der Waals surface area contributed by atoms with Crippen molar-refractivity contribution >= 4 is 23.3 Å². The highest BCUT2D eigenvalue weighted by Gasteiger charge is 2.13. The molecule has 0 fully saturated rings. The Hall–Kier alpha value is -2.34. The number of benzene rings is 2. The molecule has 0 heterocycles. The van der Waals surface area contributed by atoms with Crippen molar-refractivity contribution < 1.29 is 14.2 Å². The zero-order valence-corrected chi connectivity index (χ0v) is 14.4. The molecule has 0 radical (unpaired) electrons. The van der Waals surface area contributed by atoms with Crippen LogP contribution in [0.2, 0.25) is 0 Å². The summed E-state index contributed by atoms with van der Waals surface area (Å²) in [7, 11) is 4.69. The lowest BCUT2D eigenvalue weighted by Crippen LogP contribution is -2.12. The van der Waals surface area contributed by atoms with E-state index in [1.807, 2.05) is 30.5 Å². The maximum Gasteiger partial charge on any atom is 0.203 e. The van der Waals surface area contributed by atoms with Gasteiger partial charge >= 0.3 is 0 Å². The van der Waals surface area contributed by atoms with E-state index in [9.17, 15) is 0 Å². The monoisotopic (exact) mass is 332 g/mol. The Morgan fingerprint density at radius 3 is 1.96 bits per heavy atom. The maximum absolute atomic E-state index is 6.10. The van der Waals surface area contributed by atoms with E-state index in [-0.39, 0.29) is 0 Å². The molecule has 0 saturated heterocycles. The molecule has 2 N–H and O–H groups in total. The van der Waals surface area contributed by atoms with E-state index in [1.165, 1.54) is 4.90 Å². The Labute approximate surface area is 140 Å². The van der Waals surface area contributed by atoms with Crippen LogP contribution in [0.15, 0.2) is 46.3 Å². The highest BCUT2D eigenvalue weighted by Crippen LogP contribution is 2.40. The van der Waals surface area contributed by atoms with E-state index in [2.05, 4.69) is 4.99 Å². The summed E-state index contributed by atoms with van der Waals surface area (Å²) >= 11 is 1.68. The summed E-state index contributed by atoms with van der Waals surface area (Å²) in [4.78, 5) is 5.62. The molecule has 23 heavy (non-hydrogen) atoms. The fourth-order valence-electron chi connectivity index (χ4n) is 2.10. The first-order valence-corrected chi connectivity index (χ1v) is 8.14. The van der Waals surface area contributed by atoms with E-state index >= 15 is 0 Å². The van der Waals surface area contributed by atoms with Gasteiger partial charge in [-0.3, -0.25) is 0 Å². The van der Waals surface area contributed by atoms with Gasteiger partial charge in [0.05, 0.1) is 27.0 Å². The molecule has 0 unspecified atom stereocenters. The first-order chi connectivity index (χ1) is 11.1. The van der Waals surface area contributed by atoms with Crippen molar-refractivity contribution in [1.29, 1.82) is 0 Å². The lowest BCUT2D eigenvalue weighted by atomic mass is 10.2. The smallest absolute Gasteiger partial charge is 0.203 e. The SMILES string of the molecule is COc1cc(N=C(N)c2ccc(SC)cc2)cc(OC)c1OC. The summed E-state index contributed by atoms with van der Waals surface area (Å²) < 4.78 is 15.9. The van der Waals surface area contributed by atoms with Crippen LogP contribution in [-0.4, -0.2) is 33.4 Å². The number of methoxy groups -OCH3 is 3. The van der Waals surface area contributed by atoms with Gasteiger partial charge in [-0.05, 0) is 18.4 Å². The van der Waals surface area contributed by atoms with Crippen LogP contribution in [-0.2, 0) is 0 Å². The van der Waals surface area contributed by atoms with Gasteiger partial charge in [-0.25, -0.2) is 4.99 Å². The second kappa shape index (κ2) is 7.78. The summed E-state index contributed by atoms with van der Waals surface area (Å²) in [6.45, 7) is 0. The normalized spacial score (nSPS) is 11.2. The largest absolute Gasteiger partial charge is 0.493 e. The predicted octanol–water partition coefficient (Wildman–Crippen LogP) is 3.47. The van der Waals surface area contributed by atoms with Gasteiger partial charge in [-0.2, -0.15) is 0 Å². The Morgan fingerprint density at radius 1 is 0.957 bits per heavy atom. The summed E-state index contributed by atoms with van der Waals surface area (Å²) in [5, 5.41) is 0. The van der Waals surface area contributed by atoms with Crippen LogP contribution in [0, 0.1) is 0 Å². The molecule has 0 amide bonds. The summed E-state index contributed by atoms with van der Waals surface area (Å²) in [6, 6.07) is 11.4. The van der Waals surface area contributed by atoms with Crippen LogP contribution < -0.4 is 19.9 Å². The van der Waals surface area contributed by atoms with E-state index in [1.54, 1.807) is 45.2 Å². The van der Waals surface area contributed by atoms with Crippen LogP contribution in [0.25, 0.3) is 0 Å². The van der Waals surface area contributed by atoms with E-state index in [0.717, 1.165) is 5.56 Å². The highest BCUT2D eigenvalue weighted by molar-refractivity contribution is 7.98. The lowest BCUT2D eigenvalue weighted by molar-refractivity contribution is 0.324. The highest BCUT2D eigenvalue weighted by atomic mass is 32.2. The number of nitrogens with zero attached hydrogens (tertiary/aromatic N) is 1. The van der Waals surface area contributed by atoms with Gasteiger partial charge < -0.3 is 19.9 Å². The number of aliphatic imine (C=N–C) groups is 1. The van der Waals surface area contributed by atoms with E-state index in [4.69, 9.17) is 19.9 Å². The van der Waals surface area contributed by atoms with Crippen LogP contribution in [0.5, 0.6) is 17.2 Å². The van der Waals surface area contributed by atoms with Crippen molar-refractivity contribution in [1.82, 2.24) is 0 Å². The molecule has 6 heteroatoms. The Morgan fingerprint density at radius 2 is 1.52 bits per heavy atom. The Bertz CT molecular complexity index is 674. The number of amidine groups is 1. The van der Waals surface area contributed by atoms with Crippen LogP contribution in [0.4, 0.5) is 5.69 Å². The molecule has 0 aromatic heterocycles. The molecule has 2 aromatic rings. The molecule has 5 nitrogen and oxygen atoms in total. The van der Waals surface area contributed by atoms with E-state index < -0.39 is 0 Å². The van der Waals surface area contributed by atoms with Crippen molar-refractivity contribution in [2.75, 3.05) is 27.6 Å². The number of ether oxygens (including phenoxy) is 3. The quantitative estimate of drug-likeness (QED) is 0.498. The molecular formula is C17H20N2O3S. The van der Waals surface area contributed by atoms with Crippen LogP contribution in [0.1, 0.15) is 5.56 Å². The molecule has 0 saturated carbocycles. The summed E-state index contributed by atoms with van der Waals surface area (Å²) in [6.07, 6.45) is 2.03. The van der Waals surface area contributed by atoms with Crippen LogP contribution >= 0.6 is 11.8 Å². The number of nitrogens with two attached hydrogens (primary N) is 1. The Balaban J connectivity index is 2.40. The zero-order chi connectivity index (χ0) is 16.8. The van der Waals surface area contributed by atoms with Gasteiger partial charge in [0.25, 0.3) is 0 Å². The first-order valence-electron chi connectivity index (χ1n) is 6.91. The lowest BCUT2D eigenvalue weighted by Gasteiger charge is -2.13. The van der Waals surface area contributed by atoms with Crippen molar-refractivity contribution in [2.45, 2.75) is 4.90 Å². The minimum Gasteiger partial charge on any atom is -0.493 e. The van der Waals surface area contributed by atoms with Crippen molar-refractivity contribution in [3.8, 4) is 17.2 Å². The molecule has 0 aliphatic carbocycles. The number of hydrogen-bond acceptors (Lipinski definition) is 5. The molecular weight excluding hydrogens is 312 g/mol. The predicted molar refractivity (Wildman–Crippen MR) is 94.7 cm³/mol.